The first kappa shape index (κ1) is 10.4. The predicted molar refractivity (Wildman–Crippen MR) is 52.0 cm³/mol. The standard InChI is InChI=1S/C10H12N2O2/c1-7-5-9(3-4-11-7)10(14)12-6-8(2)13/h3-5H,6H2,1-2H3,(H,12,14). The van der Waals surface area contributed by atoms with Crippen LogP contribution in [0.1, 0.15) is 23.0 Å². The van der Waals surface area contributed by atoms with E-state index in [0.29, 0.717) is 5.56 Å². The smallest absolute Gasteiger partial charge is 0.251 e. The first-order valence-corrected chi connectivity index (χ1v) is 4.30. The van der Waals surface area contributed by atoms with Crippen molar-refractivity contribution in [1.29, 1.82) is 0 Å². The van der Waals surface area contributed by atoms with Crippen molar-refractivity contribution in [3.8, 4) is 0 Å². The largest absolute Gasteiger partial charge is 0.345 e. The van der Waals surface area contributed by atoms with E-state index >= 15 is 0 Å². The second kappa shape index (κ2) is 4.50. The number of pyridine rings is 1. The Morgan fingerprint density at radius 2 is 2.21 bits per heavy atom. The molecule has 0 aromatic carbocycles. The van der Waals surface area contributed by atoms with Crippen LogP contribution in [-0.2, 0) is 4.79 Å². The van der Waals surface area contributed by atoms with Crippen molar-refractivity contribution in [2.45, 2.75) is 13.8 Å². The lowest BCUT2D eigenvalue weighted by Crippen LogP contribution is -2.28. The summed E-state index contributed by atoms with van der Waals surface area (Å²) >= 11 is 0. The molecular weight excluding hydrogens is 180 g/mol. The molecule has 0 aliphatic rings. The van der Waals surface area contributed by atoms with Gasteiger partial charge in [0.1, 0.15) is 5.78 Å². The summed E-state index contributed by atoms with van der Waals surface area (Å²) in [6.45, 7) is 3.31. The Morgan fingerprint density at radius 1 is 1.50 bits per heavy atom. The zero-order valence-electron chi connectivity index (χ0n) is 8.20. The number of nitrogens with zero attached hydrogens (tertiary/aromatic N) is 1. The Kier molecular flexibility index (Phi) is 3.34. The maximum absolute atomic E-state index is 11.4. The molecule has 14 heavy (non-hydrogen) atoms. The van der Waals surface area contributed by atoms with Crippen LogP contribution in [0.25, 0.3) is 0 Å². The second-order valence-electron chi connectivity index (χ2n) is 3.07. The van der Waals surface area contributed by atoms with Crippen LogP contribution in [0.15, 0.2) is 18.3 Å². The van der Waals surface area contributed by atoms with Crippen LogP contribution >= 0.6 is 0 Å². The normalized spacial score (nSPS) is 9.57. The number of aryl methyl sites for hydroxylation is 1. The molecule has 0 bridgehead atoms. The highest BCUT2D eigenvalue weighted by atomic mass is 16.2. The van der Waals surface area contributed by atoms with Gasteiger partial charge in [-0.1, -0.05) is 0 Å². The van der Waals surface area contributed by atoms with Gasteiger partial charge in [0.15, 0.2) is 0 Å². The number of Topliss-reactive ketones (excluding diaryl/α,β-unsaturated/α-hetero) is 1. The summed E-state index contributed by atoms with van der Waals surface area (Å²) in [6, 6.07) is 3.29. The molecular formula is C10H12N2O2. The molecule has 4 heteroatoms. The molecule has 4 nitrogen and oxygen atoms in total. The molecule has 0 saturated carbocycles. The minimum absolute atomic E-state index is 0.0656. The topological polar surface area (TPSA) is 59.1 Å². The van der Waals surface area contributed by atoms with Crippen LogP contribution < -0.4 is 5.32 Å². The SMILES string of the molecule is CC(=O)CNC(=O)c1ccnc(C)c1. The van der Waals surface area contributed by atoms with E-state index in [1.54, 1.807) is 18.3 Å². The Morgan fingerprint density at radius 3 is 2.79 bits per heavy atom. The lowest BCUT2D eigenvalue weighted by Gasteiger charge is -2.02. The number of amides is 1. The third-order valence-corrected chi connectivity index (χ3v) is 1.66. The molecule has 1 aromatic heterocycles. The maximum atomic E-state index is 11.4. The zero-order chi connectivity index (χ0) is 10.6. The van der Waals surface area contributed by atoms with Gasteiger partial charge in [0.25, 0.3) is 5.91 Å². The highest BCUT2D eigenvalue weighted by molar-refractivity contribution is 5.96. The van der Waals surface area contributed by atoms with Gasteiger partial charge in [0.2, 0.25) is 0 Å². The molecule has 1 aromatic rings. The minimum Gasteiger partial charge on any atom is -0.345 e. The van der Waals surface area contributed by atoms with Crippen molar-refractivity contribution >= 4 is 11.7 Å². The summed E-state index contributed by atoms with van der Waals surface area (Å²) in [4.78, 5) is 26.0. The van der Waals surface area contributed by atoms with Gasteiger partial charge in [-0.05, 0) is 26.0 Å². The molecule has 1 rings (SSSR count). The average molecular weight is 192 g/mol. The van der Waals surface area contributed by atoms with Crippen LogP contribution in [0.4, 0.5) is 0 Å². The second-order valence-corrected chi connectivity index (χ2v) is 3.07. The molecule has 0 unspecified atom stereocenters. The summed E-state index contributed by atoms with van der Waals surface area (Å²) in [6.07, 6.45) is 1.57. The molecule has 0 saturated heterocycles. The Labute approximate surface area is 82.3 Å². The van der Waals surface area contributed by atoms with Crippen LogP contribution in [0.5, 0.6) is 0 Å². The molecule has 0 spiro atoms. The summed E-state index contributed by atoms with van der Waals surface area (Å²) < 4.78 is 0. The molecule has 0 fully saturated rings. The monoisotopic (exact) mass is 192 g/mol. The van der Waals surface area contributed by atoms with Crippen molar-refractivity contribution < 1.29 is 9.59 Å². The summed E-state index contributed by atoms with van der Waals surface area (Å²) in [5, 5.41) is 2.51. The molecule has 0 radical (unpaired) electrons. The van der Waals surface area contributed by atoms with E-state index in [-0.39, 0.29) is 18.2 Å². The quantitative estimate of drug-likeness (QED) is 0.767. The number of rotatable bonds is 3. The van der Waals surface area contributed by atoms with Crippen LogP contribution in [0.3, 0.4) is 0 Å². The van der Waals surface area contributed by atoms with Gasteiger partial charge in [-0.25, -0.2) is 0 Å². The van der Waals surface area contributed by atoms with E-state index in [4.69, 9.17) is 0 Å². The number of carbonyl (C=O) groups is 2. The van der Waals surface area contributed by atoms with Crippen LogP contribution in [-0.4, -0.2) is 23.2 Å². The molecule has 0 atom stereocenters. The van der Waals surface area contributed by atoms with Gasteiger partial charge in [-0.2, -0.15) is 0 Å². The van der Waals surface area contributed by atoms with Gasteiger partial charge < -0.3 is 5.32 Å². The summed E-state index contributed by atoms with van der Waals surface area (Å²) in [5.41, 5.74) is 1.30. The first-order valence-electron chi connectivity index (χ1n) is 4.30. The number of aromatic nitrogens is 1. The minimum atomic E-state index is -0.245. The van der Waals surface area contributed by atoms with Crippen molar-refractivity contribution in [1.82, 2.24) is 10.3 Å². The fourth-order valence-corrected chi connectivity index (χ4v) is 0.994. The van der Waals surface area contributed by atoms with E-state index in [1.807, 2.05) is 6.92 Å². The number of hydrogen-bond acceptors (Lipinski definition) is 3. The van der Waals surface area contributed by atoms with E-state index in [1.165, 1.54) is 6.92 Å². The molecule has 1 N–H and O–H groups in total. The first-order chi connectivity index (χ1) is 6.59. The van der Waals surface area contributed by atoms with Gasteiger partial charge in [-0.3, -0.25) is 14.6 Å². The number of nitrogens with one attached hydrogen (secondary N) is 1. The maximum Gasteiger partial charge on any atom is 0.251 e. The van der Waals surface area contributed by atoms with E-state index in [9.17, 15) is 9.59 Å². The van der Waals surface area contributed by atoms with Gasteiger partial charge in [0, 0.05) is 17.5 Å². The number of hydrogen-bond donors (Lipinski definition) is 1. The highest BCUT2D eigenvalue weighted by Gasteiger charge is 2.05. The number of ketones is 1. The Balaban J connectivity index is 2.65. The molecule has 74 valence electrons. The lowest BCUT2D eigenvalue weighted by molar-refractivity contribution is -0.116. The third kappa shape index (κ3) is 2.97. The third-order valence-electron chi connectivity index (χ3n) is 1.66. The van der Waals surface area contributed by atoms with Crippen molar-refractivity contribution in [3.63, 3.8) is 0 Å². The van der Waals surface area contributed by atoms with Crippen LogP contribution in [0, 0.1) is 6.92 Å². The van der Waals surface area contributed by atoms with Crippen molar-refractivity contribution in [2.75, 3.05) is 6.54 Å². The Bertz CT molecular complexity index is 361. The molecule has 0 aliphatic carbocycles. The van der Waals surface area contributed by atoms with Crippen molar-refractivity contribution in [3.05, 3.63) is 29.6 Å². The highest BCUT2D eigenvalue weighted by Crippen LogP contribution is 1.99. The van der Waals surface area contributed by atoms with Crippen molar-refractivity contribution in [2.24, 2.45) is 0 Å². The van der Waals surface area contributed by atoms with E-state index in [2.05, 4.69) is 10.3 Å². The summed E-state index contributed by atoms with van der Waals surface area (Å²) in [5.74, 6) is -0.310. The fraction of sp³-hybridized carbons (Fsp3) is 0.300. The van der Waals surface area contributed by atoms with E-state index < -0.39 is 0 Å². The molecule has 0 aliphatic heterocycles. The van der Waals surface area contributed by atoms with Gasteiger partial charge in [-0.15, -0.1) is 0 Å². The lowest BCUT2D eigenvalue weighted by atomic mass is 10.2. The molecule has 1 heterocycles. The van der Waals surface area contributed by atoms with Crippen LogP contribution in [0.2, 0.25) is 0 Å². The summed E-state index contributed by atoms with van der Waals surface area (Å²) in [7, 11) is 0. The Hall–Kier alpha value is -1.71. The zero-order valence-corrected chi connectivity index (χ0v) is 8.20. The fourth-order valence-electron chi connectivity index (χ4n) is 0.994. The number of carbonyl (C=O) groups excluding carboxylic acids is 2. The average Bonchev–Trinajstić information content (AvgIpc) is 2.14. The van der Waals surface area contributed by atoms with E-state index in [0.717, 1.165) is 5.69 Å². The van der Waals surface area contributed by atoms with Gasteiger partial charge in [0.05, 0.1) is 6.54 Å². The predicted octanol–water partition coefficient (Wildman–Crippen LogP) is 0.709. The molecule has 1 amide bonds. The van der Waals surface area contributed by atoms with Gasteiger partial charge >= 0.3 is 0 Å².